The number of nitrogens with zero attached hydrogens (tertiary/aromatic N) is 3. The van der Waals surface area contributed by atoms with Crippen LogP contribution in [0.1, 0.15) is 36.0 Å². The molecule has 108 valence electrons. The highest BCUT2D eigenvalue weighted by Gasteiger charge is 2.29. The predicted molar refractivity (Wildman–Crippen MR) is 79.0 cm³/mol. The number of hydrogen-bond donors (Lipinski definition) is 0. The van der Waals surface area contributed by atoms with E-state index in [1.165, 1.54) is 25.9 Å². The fourth-order valence-electron chi connectivity index (χ4n) is 3.26. The van der Waals surface area contributed by atoms with Crippen LogP contribution < -0.4 is 0 Å². The summed E-state index contributed by atoms with van der Waals surface area (Å²) in [5.74, 6) is 0.0166. The van der Waals surface area contributed by atoms with Crippen LogP contribution >= 0.6 is 11.6 Å². The number of carbonyl (C=O) groups excluding carboxylic acids is 1. The SMILES string of the molecule is O=C(c1cccnc1Cl)N1CCC(N2CCCC2)CC1. The quantitative estimate of drug-likeness (QED) is 0.786. The molecule has 0 saturated carbocycles. The first kappa shape index (κ1) is 13.8. The minimum Gasteiger partial charge on any atom is -0.338 e. The standard InChI is InChI=1S/C15H20ClN3O/c16-14-13(4-3-7-17-14)15(20)19-10-5-12(6-11-19)18-8-1-2-9-18/h3-4,7,12H,1-2,5-6,8-11H2. The van der Waals surface area contributed by atoms with E-state index in [9.17, 15) is 4.79 Å². The van der Waals surface area contributed by atoms with Gasteiger partial charge in [-0.1, -0.05) is 11.6 Å². The molecule has 0 aliphatic carbocycles. The summed E-state index contributed by atoms with van der Waals surface area (Å²) in [5.41, 5.74) is 0.522. The van der Waals surface area contributed by atoms with E-state index < -0.39 is 0 Å². The van der Waals surface area contributed by atoms with Crippen LogP contribution in [0.2, 0.25) is 5.15 Å². The van der Waals surface area contributed by atoms with Gasteiger partial charge in [0.2, 0.25) is 0 Å². The molecule has 2 fully saturated rings. The Bertz CT molecular complexity index is 480. The van der Waals surface area contributed by atoms with Crippen LogP contribution in [0.25, 0.3) is 0 Å². The summed E-state index contributed by atoms with van der Waals surface area (Å²) in [6.07, 6.45) is 6.40. The molecule has 0 unspecified atom stereocenters. The number of carbonyl (C=O) groups is 1. The van der Waals surface area contributed by atoms with Gasteiger partial charge in [0.15, 0.2) is 0 Å². The van der Waals surface area contributed by atoms with Crippen molar-refractivity contribution in [2.45, 2.75) is 31.7 Å². The van der Waals surface area contributed by atoms with Crippen LogP contribution in [0.3, 0.4) is 0 Å². The van der Waals surface area contributed by atoms with Crippen molar-refractivity contribution in [1.29, 1.82) is 0 Å². The van der Waals surface area contributed by atoms with Gasteiger partial charge in [-0.05, 0) is 50.9 Å². The highest BCUT2D eigenvalue weighted by molar-refractivity contribution is 6.32. The Morgan fingerprint density at radius 1 is 1.20 bits per heavy atom. The van der Waals surface area contributed by atoms with E-state index in [0.29, 0.717) is 16.8 Å². The highest BCUT2D eigenvalue weighted by atomic mass is 35.5. The fraction of sp³-hybridized carbons (Fsp3) is 0.600. The monoisotopic (exact) mass is 293 g/mol. The van der Waals surface area contributed by atoms with Crippen molar-refractivity contribution in [2.24, 2.45) is 0 Å². The first-order chi connectivity index (χ1) is 9.75. The zero-order valence-corrected chi connectivity index (χ0v) is 12.4. The van der Waals surface area contributed by atoms with E-state index in [1.807, 2.05) is 4.90 Å². The van der Waals surface area contributed by atoms with Gasteiger partial charge in [-0.25, -0.2) is 4.98 Å². The van der Waals surface area contributed by atoms with E-state index in [0.717, 1.165) is 25.9 Å². The molecule has 2 aliphatic heterocycles. The van der Waals surface area contributed by atoms with Crippen LogP contribution in [0, 0.1) is 0 Å². The van der Waals surface area contributed by atoms with Crippen LogP contribution in [0.4, 0.5) is 0 Å². The molecule has 2 aliphatic rings. The molecule has 0 aromatic carbocycles. The average molecular weight is 294 g/mol. The van der Waals surface area contributed by atoms with Gasteiger partial charge in [0.1, 0.15) is 5.15 Å². The Hall–Kier alpha value is -1.13. The molecular formula is C15H20ClN3O. The Kier molecular flexibility index (Phi) is 4.22. The molecular weight excluding hydrogens is 274 g/mol. The lowest BCUT2D eigenvalue weighted by Gasteiger charge is -2.36. The van der Waals surface area contributed by atoms with Crippen LogP contribution in [0.15, 0.2) is 18.3 Å². The smallest absolute Gasteiger partial charge is 0.256 e. The largest absolute Gasteiger partial charge is 0.338 e. The summed E-state index contributed by atoms with van der Waals surface area (Å²) < 4.78 is 0. The van der Waals surface area contributed by atoms with E-state index in [1.54, 1.807) is 18.3 Å². The van der Waals surface area contributed by atoms with Crippen molar-refractivity contribution >= 4 is 17.5 Å². The summed E-state index contributed by atoms with van der Waals surface area (Å²) in [7, 11) is 0. The summed E-state index contributed by atoms with van der Waals surface area (Å²) >= 11 is 6.00. The van der Waals surface area contributed by atoms with Crippen molar-refractivity contribution in [2.75, 3.05) is 26.2 Å². The molecule has 0 spiro atoms. The first-order valence-corrected chi connectivity index (χ1v) is 7.77. The van der Waals surface area contributed by atoms with Crippen molar-refractivity contribution < 1.29 is 4.79 Å². The summed E-state index contributed by atoms with van der Waals surface area (Å²) in [6, 6.07) is 4.17. The second kappa shape index (κ2) is 6.10. The third-order valence-electron chi connectivity index (χ3n) is 4.40. The fourth-order valence-corrected chi connectivity index (χ4v) is 3.46. The van der Waals surface area contributed by atoms with Crippen LogP contribution in [0.5, 0.6) is 0 Å². The van der Waals surface area contributed by atoms with Gasteiger partial charge in [0.25, 0.3) is 5.91 Å². The average Bonchev–Trinajstić information content (AvgIpc) is 3.01. The molecule has 3 rings (SSSR count). The number of amides is 1. The third kappa shape index (κ3) is 2.81. The molecule has 1 aromatic rings. The van der Waals surface area contributed by atoms with Gasteiger partial charge in [0, 0.05) is 25.3 Å². The molecule has 0 radical (unpaired) electrons. The molecule has 20 heavy (non-hydrogen) atoms. The normalized spacial score (nSPS) is 21.4. The Morgan fingerprint density at radius 2 is 1.90 bits per heavy atom. The van der Waals surface area contributed by atoms with E-state index in [-0.39, 0.29) is 5.91 Å². The minimum absolute atomic E-state index is 0.0166. The maximum atomic E-state index is 12.4. The molecule has 5 heteroatoms. The van der Waals surface area contributed by atoms with Gasteiger partial charge in [-0.15, -0.1) is 0 Å². The second-order valence-corrected chi connectivity index (χ2v) is 5.97. The van der Waals surface area contributed by atoms with Gasteiger partial charge < -0.3 is 9.80 Å². The third-order valence-corrected chi connectivity index (χ3v) is 4.70. The minimum atomic E-state index is 0.0166. The predicted octanol–water partition coefficient (Wildman–Crippen LogP) is 2.44. The number of hydrogen-bond acceptors (Lipinski definition) is 3. The van der Waals surface area contributed by atoms with Gasteiger partial charge in [-0.3, -0.25) is 4.79 Å². The number of likely N-dealkylation sites (tertiary alicyclic amines) is 2. The van der Waals surface area contributed by atoms with E-state index in [2.05, 4.69) is 9.88 Å². The zero-order valence-electron chi connectivity index (χ0n) is 11.6. The molecule has 2 saturated heterocycles. The lowest BCUT2D eigenvalue weighted by Crippen LogP contribution is -2.46. The number of pyridine rings is 1. The number of aromatic nitrogens is 1. The zero-order chi connectivity index (χ0) is 13.9. The maximum Gasteiger partial charge on any atom is 0.256 e. The molecule has 3 heterocycles. The molecule has 0 bridgehead atoms. The number of piperidine rings is 1. The van der Waals surface area contributed by atoms with Gasteiger partial charge >= 0.3 is 0 Å². The molecule has 1 amide bonds. The Balaban J connectivity index is 1.60. The van der Waals surface area contributed by atoms with Crippen molar-refractivity contribution in [1.82, 2.24) is 14.8 Å². The van der Waals surface area contributed by atoms with Crippen molar-refractivity contribution in [3.05, 3.63) is 29.0 Å². The Labute approximate surface area is 124 Å². The van der Waals surface area contributed by atoms with Gasteiger partial charge in [-0.2, -0.15) is 0 Å². The van der Waals surface area contributed by atoms with E-state index in [4.69, 9.17) is 11.6 Å². The first-order valence-electron chi connectivity index (χ1n) is 7.39. The topological polar surface area (TPSA) is 36.4 Å². The molecule has 1 aromatic heterocycles. The molecule has 0 atom stereocenters. The number of halogens is 1. The Morgan fingerprint density at radius 3 is 2.55 bits per heavy atom. The maximum absolute atomic E-state index is 12.4. The van der Waals surface area contributed by atoms with Gasteiger partial charge in [0.05, 0.1) is 5.56 Å². The second-order valence-electron chi connectivity index (χ2n) is 5.61. The van der Waals surface area contributed by atoms with Crippen molar-refractivity contribution in [3.63, 3.8) is 0 Å². The molecule has 0 N–H and O–H groups in total. The van der Waals surface area contributed by atoms with Crippen LogP contribution in [-0.2, 0) is 0 Å². The lowest BCUT2D eigenvalue weighted by atomic mass is 10.0. The summed E-state index contributed by atoms with van der Waals surface area (Å²) in [5, 5.41) is 0.305. The highest BCUT2D eigenvalue weighted by Crippen LogP contribution is 2.23. The van der Waals surface area contributed by atoms with Crippen molar-refractivity contribution in [3.8, 4) is 0 Å². The number of rotatable bonds is 2. The summed E-state index contributed by atoms with van der Waals surface area (Å²) in [6.45, 7) is 4.11. The summed E-state index contributed by atoms with van der Waals surface area (Å²) in [4.78, 5) is 20.9. The van der Waals surface area contributed by atoms with Crippen LogP contribution in [-0.4, -0.2) is 52.9 Å². The molecule has 4 nitrogen and oxygen atoms in total. The lowest BCUT2D eigenvalue weighted by molar-refractivity contribution is 0.0644. The van der Waals surface area contributed by atoms with E-state index >= 15 is 0 Å².